The van der Waals surface area contributed by atoms with E-state index in [4.69, 9.17) is 4.74 Å². The second-order valence-corrected chi connectivity index (χ2v) is 6.15. The Kier molecular flexibility index (Phi) is 4.32. The molecule has 1 heterocycles. The molecule has 0 spiro atoms. The van der Waals surface area contributed by atoms with E-state index in [1.165, 1.54) is 0 Å². The second-order valence-electron chi connectivity index (χ2n) is 6.15. The van der Waals surface area contributed by atoms with Gasteiger partial charge in [0.15, 0.2) is 5.78 Å². The lowest BCUT2D eigenvalue weighted by atomic mass is 9.91. The van der Waals surface area contributed by atoms with E-state index in [9.17, 15) is 4.79 Å². The van der Waals surface area contributed by atoms with Crippen molar-refractivity contribution in [1.29, 1.82) is 0 Å². The molecule has 0 bridgehead atoms. The lowest BCUT2D eigenvalue weighted by Gasteiger charge is -2.33. The van der Waals surface area contributed by atoms with Gasteiger partial charge in [-0.2, -0.15) is 0 Å². The molecule has 4 rings (SSSR count). The predicted molar refractivity (Wildman–Crippen MR) is 97.7 cm³/mol. The van der Waals surface area contributed by atoms with Crippen LogP contribution in [0.4, 0.5) is 0 Å². The average Bonchev–Trinajstić information content (AvgIpc) is 2.69. The number of nitrogens with one attached hydrogen (secondary N) is 1. The number of para-hydroxylation sites is 1. The summed E-state index contributed by atoms with van der Waals surface area (Å²) in [5.41, 5.74) is 2.78. The van der Waals surface area contributed by atoms with E-state index in [1.54, 1.807) is 0 Å². The predicted octanol–water partition coefficient (Wildman–Crippen LogP) is 4.16. The summed E-state index contributed by atoms with van der Waals surface area (Å²) in [5.74, 6) is 0.728. The molecule has 1 N–H and O–H groups in total. The van der Waals surface area contributed by atoms with Gasteiger partial charge >= 0.3 is 0 Å². The van der Waals surface area contributed by atoms with Gasteiger partial charge in [-0.3, -0.25) is 10.1 Å². The summed E-state index contributed by atoms with van der Waals surface area (Å²) in [7, 11) is 0. The van der Waals surface area contributed by atoms with Crippen LogP contribution in [0.5, 0.6) is 5.75 Å². The molecule has 2 atom stereocenters. The molecule has 3 nitrogen and oxygen atoms in total. The molecule has 3 aromatic rings. The van der Waals surface area contributed by atoms with Crippen LogP contribution in [-0.2, 0) is 6.54 Å². The number of hydrogen-bond acceptors (Lipinski definition) is 3. The smallest absolute Gasteiger partial charge is 0.187 e. The van der Waals surface area contributed by atoms with Crippen LogP contribution in [0.15, 0.2) is 84.9 Å². The van der Waals surface area contributed by atoms with Gasteiger partial charge in [-0.1, -0.05) is 72.8 Å². The third kappa shape index (κ3) is 3.19. The van der Waals surface area contributed by atoms with E-state index in [2.05, 4.69) is 5.32 Å². The fraction of sp³-hybridized carbons (Fsp3) is 0.136. The minimum atomic E-state index is -0.419. The van der Waals surface area contributed by atoms with Crippen molar-refractivity contribution in [1.82, 2.24) is 5.32 Å². The fourth-order valence-corrected chi connectivity index (χ4v) is 3.21. The maximum absolute atomic E-state index is 13.1. The van der Waals surface area contributed by atoms with Crippen molar-refractivity contribution >= 4 is 5.78 Å². The minimum Gasteiger partial charge on any atom is -0.483 e. The van der Waals surface area contributed by atoms with Crippen LogP contribution in [0.3, 0.4) is 0 Å². The maximum atomic E-state index is 13.1. The molecule has 1 aliphatic heterocycles. The first-order valence-corrected chi connectivity index (χ1v) is 8.45. The Morgan fingerprint density at radius 3 is 2.20 bits per heavy atom. The zero-order valence-electron chi connectivity index (χ0n) is 13.8. The average molecular weight is 329 g/mol. The number of fused-ring (bicyclic) bond motifs is 1. The van der Waals surface area contributed by atoms with Gasteiger partial charge in [0.1, 0.15) is 17.9 Å². The highest BCUT2D eigenvalue weighted by atomic mass is 16.5. The molecule has 25 heavy (non-hydrogen) atoms. The monoisotopic (exact) mass is 329 g/mol. The molecular weight excluding hydrogens is 310 g/mol. The molecule has 0 aliphatic carbocycles. The third-order valence-electron chi connectivity index (χ3n) is 4.49. The van der Waals surface area contributed by atoms with Crippen LogP contribution in [0.25, 0.3) is 0 Å². The van der Waals surface area contributed by atoms with Crippen LogP contribution in [0.1, 0.15) is 27.6 Å². The van der Waals surface area contributed by atoms with Crippen molar-refractivity contribution in [3.8, 4) is 5.75 Å². The lowest BCUT2D eigenvalue weighted by molar-refractivity contribution is 0.0732. The van der Waals surface area contributed by atoms with Crippen molar-refractivity contribution in [2.24, 2.45) is 0 Å². The molecule has 0 radical (unpaired) electrons. The van der Waals surface area contributed by atoms with Crippen molar-refractivity contribution in [2.45, 2.75) is 18.7 Å². The molecule has 0 saturated carbocycles. The van der Waals surface area contributed by atoms with Crippen molar-refractivity contribution in [3.05, 3.63) is 102 Å². The quantitative estimate of drug-likeness (QED) is 0.781. The molecule has 124 valence electrons. The third-order valence-corrected chi connectivity index (χ3v) is 4.49. The molecule has 0 unspecified atom stereocenters. The zero-order valence-corrected chi connectivity index (χ0v) is 13.8. The summed E-state index contributed by atoms with van der Waals surface area (Å²) in [5, 5.41) is 3.40. The summed E-state index contributed by atoms with van der Waals surface area (Å²) >= 11 is 0. The van der Waals surface area contributed by atoms with Gasteiger partial charge in [-0.25, -0.2) is 0 Å². The van der Waals surface area contributed by atoms with Crippen LogP contribution in [0.2, 0.25) is 0 Å². The van der Waals surface area contributed by atoms with E-state index in [-0.39, 0.29) is 11.9 Å². The number of benzene rings is 3. The normalized spacial score (nSPS) is 19.1. The molecule has 3 heteroatoms. The van der Waals surface area contributed by atoms with Gasteiger partial charge in [0.2, 0.25) is 0 Å². The Balaban J connectivity index is 1.66. The van der Waals surface area contributed by atoms with Crippen molar-refractivity contribution in [3.63, 3.8) is 0 Å². The van der Waals surface area contributed by atoms with Crippen molar-refractivity contribution < 1.29 is 9.53 Å². The summed E-state index contributed by atoms with van der Waals surface area (Å²) in [6.45, 7) is 0.617. The number of ketones is 1. The topological polar surface area (TPSA) is 38.3 Å². The Bertz CT molecular complexity index is 861. The molecule has 0 fully saturated rings. The Morgan fingerprint density at radius 2 is 1.44 bits per heavy atom. The van der Waals surface area contributed by atoms with E-state index in [0.29, 0.717) is 17.9 Å². The van der Waals surface area contributed by atoms with Gasteiger partial charge in [-0.15, -0.1) is 0 Å². The van der Waals surface area contributed by atoms with E-state index in [1.807, 2.05) is 84.9 Å². The van der Waals surface area contributed by atoms with Gasteiger partial charge in [0.05, 0.1) is 5.56 Å². The number of Topliss-reactive ketones (excluding diaryl/α,β-unsaturated/α-hetero) is 1. The summed E-state index contributed by atoms with van der Waals surface area (Å²) < 4.78 is 6.21. The SMILES string of the molecule is O=C1c2ccccc2O[C@H](c2ccccc2)[C@H]1NCc1ccccc1. The molecular formula is C22H19NO2. The largest absolute Gasteiger partial charge is 0.483 e. The second kappa shape index (κ2) is 6.91. The standard InChI is InChI=1S/C22H19NO2/c24-21-18-13-7-8-14-19(18)25-22(17-11-5-2-6-12-17)20(21)23-15-16-9-3-1-4-10-16/h1-14,20,22-23H,15H2/t20-,22+/m0/s1. The molecule has 0 saturated heterocycles. The highest BCUT2D eigenvalue weighted by molar-refractivity contribution is 6.03. The first-order chi connectivity index (χ1) is 12.3. The van der Waals surface area contributed by atoms with E-state index >= 15 is 0 Å². The number of rotatable bonds is 4. The maximum Gasteiger partial charge on any atom is 0.187 e. The van der Waals surface area contributed by atoms with Crippen LogP contribution < -0.4 is 10.1 Å². The van der Waals surface area contributed by atoms with Crippen molar-refractivity contribution in [2.75, 3.05) is 0 Å². The van der Waals surface area contributed by atoms with Crippen LogP contribution in [0, 0.1) is 0 Å². The Hall–Kier alpha value is -2.91. The Morgan fingerprint density at radius 1 is 0.800 bits per heavy atom. The minimum absolute atomic E-state index is 0.0756. The van der Waals surface area contributed by atoms with Gasteiger partial charge in [0, 0.05) is 6.54 Å². The summed E-state index contributed by atoms with van der Waals surface area (Å²) in [6, 6.07) is 27.0. The van der Waals surface area contributed by atoms with E-state index < -0.39 is 6.04 Å². The number of hydrogen-bond donors (Lipinski definition) is 1. The molecule has 0 amide bonds. The molecule has 1 aliphatic rings. The number of carbonyl (C=O) groups is 1. The first-order valence-electron chi connectivity index (χ1n) is 8.45. The van der Waals surface area contributed by atoms with Crippen LogP contribution in [-0.4, -0.2) is 11.8 Å². The zero-order chi connectivity index (χ0) is 17.1. The molecule has 3 aromatic carbocycles. The molecule has 0 aromatic heterocycles. The lowest BCUT2D eigenvalue weighted by Crippen LogP contribution is -2.46. The summed E-state index contributed by atoms with van der Waals surface area (Å²) in [6.07, 6.45) is -0.340. The van der Waals surface area contributed by atoms with Gasteiger partial charge in [-0.05, 0) is 23.3 Å². The Labute approximate surface area is 147 Å². The van der Waals surface area contributed by atoms with Gasteiger partial charge in [0.25, 0.3) is 0 Å². The summed E-state index contributed by atoms with van der Waals surface area (Å²) in [4.78, 5) is 13.1. The number of ether oxygens (including phenoxy) is 1. The first kappa shape index (κ1) is 15.6. The highest BCUT2D eigenvalue weighted by Crippen LogP contribution is 2.35. The van der Waals surface area contributed by atoms with Gasteiger partial charge < -0.3 is 4.74 Å². The highest BCUT2D eigenvalue weighted by Gasteiger charge is 2.37. The fourth-order valence-electron chi connectivity index (χ4n) is 3.21. The van der Waals surface area contributed by atoms with Crippen LogP contribution >= 0.6 is 0 Å². The van der Waals surface area contributed by atoms with E-state index in [0.717, 1.165) is 11.1 Å². The number of carbonyl (C=O) groups excluding carboxylic acids is 1.